The van der Waals surface area contributed by atoms with Crippen molar-refractivity contribution in [2.75, 3.05) is 29.4 Å². The molecule has 0 amide bonds. The number of anilines is 2. The summed E-state index contributed by atoms with van der Waals surface area (Å²) in [5.74, 6) is 1.96. The van der Waals surface area contributed by atoms with Crippen LogP contribution in [0.3, 0.4) is 0 Å². The minimum Gasteiger partial charge on any atom is -0.353 e. The van der Waals surface area contributed by atoms with E-state index in [9.17, 15) is 5.26 Å². The quantitative estimate of drug-likeness (QED) is 0.827. The standard InChI is InChI=1S/C18H17N7/c19-10-14-2-1-6-21-17(14)24-8-4-13-5-9-25(16(13)12-24)18-22-7-3-15(11-20)23-18/h1-3,6-7,13,16H,4-5,8-9,12H2. The van der Waals surface area contributed by atoms with Crippen LogP contribution in [0, 0.1) is 28.6 Å². The molecule has 0 aromatic carbocycles. The number of pyridine rings is 1. The van der Waals surface area contributed by atoms with Crippen molar-refractivity contribution in [3.05, 3.63) is 41.9 Å². The zero-order valence-electron chi connectivity index (χ0n) is 13.7. The molecule has 2 unspecified atom stereocenters. The van der Waals surface area contributed by atoms with Crippen molar-refractivity contribution in [3.8, 4) is 12.1 Å². The average Bonchev–Trinajstić information content (AvgIpc) is 3.11. The number of hydrogen-bond donors (Lipinski definition) is 0. The van der Waals surface area contributed by atoms with E-state index in [4.69, 9.17) is 5.26 Å². The number of piperidine rings is 1. The maximum atomic E-state index is 9.35. The number of nitriles is 2. The van der Waals surface area contributed by atoms with Gasteiger partial charge in [0.2, 0.25) is 5.95 Å². The molecule has 4 heterocycles. The van der Waals surface area contributed by atoms with E-state index < -0.39 is 0 Å². The highest BCUT2D eigenvalue weighted by Crippen LogP contribution is 2.35. The number of nitrogens with zero attached hydrogens (tertiary/aromatic N) is 7. The highest BCUT2D eigenvalue weighted by atomic mass is 15.3. The topological polar surface area (TPSA) is 92.7 Å². The lowest BCUT2D eigenvalue weighted by Crippen LogP contribution is -2.49. The Kier molecular flexibility index (Phi) is 3.91. The molecule has 25 heavy (non-hydrogen) atoms. The predicted octanol–water partition coefficient (Wildman–Crippen LogP) is 1.72. The van der Waals surface area contributed by atoms with Gasteiger partial charge in [0.1, 0.15) is 23.7 Å². The zero-order chi connectivity index (χ0) is 17.2. The van der Waals surface area contributed by atoms with Gasteiger partial charge in [0, 0.05) is 32.0 Å². The fourth-order valence-corrected chi connectivity index (χ4v) is 3.87. The number of fused-ring (bicyclic) bond motifs is 1. The highest BCUT2D eigenvalue weighted by molar-refractivity contribution is 5.54. The molecule has 7 heteroatoms. The SMILES string of the molecule is N#Cc1ccnc(N2CCC3CCN(c4ncccc4C#N)CC32)n1. The lowest BCUT2D eigenvalue weighted by atomic mass is 9.92. The first kappa shape index (κ1) is 15.3. The summed E-state index contributed by atoms with van der Waals surface area (Å²) in [6.07, 6.45) is 5.53. The van der Waals surface area contributed by atoms with Crippen LogP contribution in [-0.2, 0) is 0 Å². The Morgan fingerprint density at radius 2 is 1.92 bits per heavy atom. The van der Waals surface area contributed by atoms with E-state index >= 15 is 0 Å². The number of hydrogen-bond acceptors (Lipinski definition) is 7. The summed E-state index contributed by atoms with van der Waals surface area (Å²) >= 11 is 0. The van der Waals surface area contributed by atoms with Crippen LogP contribution in [0.4, 0.5) is 11.8 Å². The molecule has 124 valence electrons. The van der Waals surface area contributed by atoms with Gasteiger partial charge in [0.15, 0.2) is 0 Å². The molecule has 0 saturated carbocycles. The van der Waals surface area contributed by atoms with E-state index in [1.54, 1.807) is 30.6 Å². The Morgan fingerprint density at radius 3 is 2.76 bits per heavy atom. The van der Waals surface area contributed by atoms with E-state index in [2.05, 4.69) is 36.9 Å². The molecular weight excluding hydrogens is 314 g/mol. The smallest absolute Gasteiger partial charge is 0.226 e. The summed E-state index contributed by atoms with van der Waals surface area (Å²) in [5, 5.41) is 18.4. The lowest BCUT2D eigenvalue weighted by Gasteiger charge is -2.39. The second-order valence-corrected chi connectivity index (χ2v) is 6.38. The van der Waals surface area contributed by atoms with E-state index in [1.807, 2.05) is 0 Å². The monoisotopic (exact) mass is 331 g/mol. The van der Waals surface area contributed by atoms with Crippen molar-refractivity contribution in [2.24, 2.45) is 5.92 Å². The summed E-state index contributed by atoms with van der Waals surface area (Å²) in [5.41, 5.74) is 0.992. The Hall–Kier alpha value is -3.19. The third-order valence-electron chi connectivity index (χ3n) is 5.08. The Balaban J connectivity index is 1.61. The van der Waals surface area contributed by atoms with Crippen molar-refractivity contribution in [1.82, 2.24) is 15.0 Å². The summed E-state index contributed by atoms with van der Waals surface area (Å²) in [6.45, 7) is 2.58. The molecule has 2 aliphatic rings. The zero-order valence-corrected chi connectivity index (χ0v) is 13.7. The van der Waals surface area contributed by atoms with Gasteiger partial charge < -0.3 is 9.80 Å². The van der Waals surface area contributed by atoms with Crippen molar-refractivity contribution in [2.45, 2.75) is 18.9 Å². The van der Waals surface area contributed by atoms with Crippen LogP contribution in [0.25, 0.3) is 0 Å². The van der Waals surface area contributed by atoms with Crippen LogP contribution in [0.2, 0.25) is 0 Å². The predicted molar refractivity (Wildman–Crippen MR) is 91.8 cm³/mol. The Morgan fingerprint density at radius 1 is 1.04 bits per heavy atom. The molecule has 7 nitrogen and oxygen atoms in total. The van der Waals surface area contributed by atoms with Crippen LogP contribution in [0.15, 0.2) is 30.6 Å². The molecule has 0 N–H and O–H groups in total. The summed E-state index contributed by atoms with van der Waals surface area (Å²) < 4.78 is 0. The molecule has 0 aliphatic carbocycles. The average molecular weight is 331 g/mol. The van der Waals surface area contributed by atoms with E-state index in [0.29, 0.717) is 23.1 Å². The van der Waals surface area contributed by atoms with Gasteiger partial charge >= 0.3 is 0 Å². The third kappa shape index (κ3) is 2.74. The molecule has 0 spiro atoms. The largest absolute Gasteiger partial charge is 0.353 e. The Labute approximate surface area is 146 Å². The van der Waals surface area contributed by atoms with E-state index in [-0.39, 0.29) is 6.04 Å². The molecule has 2 aliphatic heterocycles. The van der Waals surface area contributed by atoms with Gasteiger partial charge in [-0.25, -0.2) is 15.0 Å². The van der Waals surface area contributed by atoms with Crippen molar-refractivity contribution >= 4 is 11.8 Å². The van der Waals surface area contributed by atoms with Crippen molar-refractivity contribution in [1.29, 1.82) is 10.5 Å². The van der Waals surface area contributed by atoms with Crippen molar-refractivity contribution in [3.63, 3.8) is 0 Å². The third-order valence-corrected chi connectivity index (χ3v) is 5.08. The van der Waals surface area contributed by atoms with Gasteiger partial charge in [-0.15, -0.1) is 0 Å². The van der Waals surface area contributed by atoms with Crippen LogP contribution < -0.4 is 9.80 Å². The second kappa shape index (κ2) is 6.37. The second-order valence-electron chi connectivity index (χ2n) is 6.38. The van der Waals surface area contributed by atoms with Gasteiger partial charge in [-0.05, 0) is 37.0 Å². The van der Waals surface area contributed by atoms with Gasteiger partial charge in [-0.3, -0.25) is 0 Å². The molecule has 4 rings (SSSR count). The first-order valence-corrected chi connectivity index (χ1v) is 8.40. The Bertz CT molecular complexity index is 866. The van der Waals surface area contributed by atoms with E-state index in [1.165, 1.54) is 0 Å². The molecular formula is C18H17N7. The van der Waals surface area contributed by atoms with Gasteiger partial charge in [-0.1, -0.05) is 0 Å². The first-order valence-electron chi connectivity index (χ1n) is 8.40. The highest BCUT2D eigenvalue weighted by Gasteiger charge is 2.40. The van der Waals surface area contributed by atoms with Crippen LogP contribution >= 0.6 is 0 Å². The summed E-state index contributed by atoms with van der Waals surface area (Å²) in [4.78, 5) is 17.5. The maximum absolute atomic E-state index is 9.35. The molecule has 2 aromatic heterocycles. The number of rotatable bonds is 2. The fraction of sp³-hybridized carbons (Fsp3) is 0.389. The van der Waals surface area contributed by atoms with Crippen LogP contribution in [0.1, 0.15) is 24.1 Å². The minimum absolute atomic E-state index is 0.274. The molecule has 0 radical (unpaired) electrons. The minimum atomic E-state index is 0.274. The lowest BCUT2D eigenvalue weighted by molar-refractivity contribution is 0.387. The van der Waals surface area contributed by atoms with Crippen molar-refractivity contribution < 1.29 is 0 Å². The molecule has 0 bridgehead atoms. The van der Waals surface area contributed by atoms with Gasteiger partial charge in [0.25, 0.3) is 0 Å². The molecule has 2 atom stereocenters. The molecule has 2 aromatic rings. The van der Waals surface area contributed by atoms with Crippen LogP contribution in [-0.4, -0.2) is 40.6 Å². The van der Waals surface area contributed by atoms with Gasteiger partial charge in [-0.2, -0.15) is 10.5 Å². The summed E-state index contributed by atoms with van der Waals surface area (Å²) in [7, 11) is 0. The molecule has 2 saturated heterocycles. The molecule has 2 fully saturated rings. The first-order chi connectivity index (χ1) is 12.3. The van der Waals surface area contributed by atoms with Crippen LogP contribution in [0.5, 0.6) is 0 Å². The normalized spacial score (nSPS) is 22.2. The fourth-order valence-electron chi connectivity index (χ4n) is 3.87. The number of aromatic nitrogens is 3. The summed E-state index contributed by atoms with van der Waals surface area (Å²) in [6, 6.07) is 9.80. The maximum Gasteiger partial charge on any atom is 0.226 e. The van der Waals surface area contributed by atoms with Gasteiger partial charge in [0.05, 0.1) is 11.6 Å². The van der Waals surface area contributed by atoms with E-state index in [0.717, 1.165) is 38.3 Å².